The van der Waals surface area contributed by atoms with E-state index in [9.17, 15) is 0 Å². The zero-order chi connectivity index (χ0) is 12.4. The summed E-state index contributed by atoms with van der Waals surface area (Å²) >= 11 is 0. The normalized spacial score (nSPS) is 10.6. The maximum Gasteiger partial charge on any atom is 0.0418 e. The Morgan fingerprint density at radius 1 is 1.12 bits per heavy atom. The van der Waals surface area contributed by atoms with Crippen molar-refractivity contribution in [1.82, 2.24) is 4.57 Å². The van der Waals surface area contributed by atoms with Crippen molar-refractivity contribution in [3.8, 4) is 0 Å². The Kier molecular flexibility index (Phi) is 3.23. The van der Waals surface area contributed by atoms with Gasteiger partial charge in [0.1, 0.15) is 0 Å². The molecule has 0 saturated heterocycles. The lowest BCUT2D eigenvalue weighted by Crippen LogP contribution is -2.02. The molecule has 2 rings (SSSR count). The number of rotatable bonds is 3. The summed E-state index contributed by atoms with van der Waals surface area (Å²) in [4.78, 5) is 0. The van der Waals surface area contributed by atoms with Gasteiger partial charge >= 0.3 is 0 Å². The van der Waals surface area contributed by atoms with Gasteiger partial charge in [0, 0.05) is 30.7 Å². The van der Waals surface area contributed by atoms with Gasteiger partial charge in [0.15, 0.2) is 0 Å². The lowest BCUT2D eigenvalue weighted by atomic mass is 10.2. The molecule has 0 radical (unpaired) electrons. The van der Waals surface area contributed by atoms with Gasteiger partial charge in [0.05, 0.1) is 0 Å². The monoisotopic (exact) mass is 228 g/mol. The van der Waals surface area contributed by atoms with Crippen LogP contribution in [-0.2, 0) is 13.6 Å². The van der Waals surface area contributed by atoms with Crippen LogP contribution in [0.2, 0.25) is 0 Å². The molecule has 0 atom stereocenters. The molecule has 0 amide bonds. The molecule has 90 valence electrons. The molecule has 2 nitrogen and oxygen atoms in total. The smallest absolute Gasteiger partial charge is 0.0418 e. The van der Waals surface area contributed by atoms with Gasteiger partial charge in [0.2, 0.25) is 0 Å². The number of hydrogen-bond donors (Lipinski definition) is 1. The molecule has 1 N–H and O–H groups in total. The lowest BCUT2D eigenvalue weighted by molar-refractivity contribution is 0.837. The molecule has 2 aromatic rings. The average molecular weight is 228 g/mol. The number of benzene rings is 1. The van der Waals surface area contributed by atoms with Crippen LogP contribution in [0.15, 0.2) is 30.3 Å². The Balaban J connectivity index is 2.13. The molecular formula is C15H20N2. The van der Waals surface area contributed by atoms with Gasteiger partial charge in [-0.1, -0.05) is 18.2 Å². The van der Waals surface area contributed by atoms with E-state index in [0.29, 0.717) is 0 Å². The SMILES string of the molecule is Cc1ccccc1NCc1cc(C)n(C)c1C. The Bertz CT molecular complexity index is 524. The van der Waals surface area contributed by atoms with E-state index in [2.05, 4.69) is 68.0 Å². The number of nitrogens with one attached hydrogen (secondary N) is 1. The number of hydrogen-bond acceptors (Lipinski definition) is 1. The van der Waals surface area contributed by atoms with Crippen molar-refractivity contribution in [2.75, 3.05) is 5.32 Å². The van der Waals surface area contributed by atoms with Gasteiger partial charge in [0.25, 0.3) is 0 Å². The Labute approximate surface area is 103 Å². The number of para-hydroxylation sites is 1. The van der Waals surface area contributed by atoms with Crippen LogP contribution < -0.4 is 5.32 Å². The standard InChI is InChI=1S/C15H20N2/c1-11-7-5-6-8-15(11)16-10-14-9-12(2)17(4)13(14)3/h5-9,16H,10H2,1-4H3. The van der Waals surface area contributed by atoms with E-state index in [1.54, 1.807) is 0 Å². The Morgan fingerprint density at radius 2 is 1.82 bits per heavy atom. The molecule has 0 spiro atoms. The van der Waals surface area contributed by atoms with E-state index < -0.39 is 0 Å². The van der Waals surface area contributed by atoms with Crippen LogP contribution in [0.4, 0.5) is 5.69 Å². The highest BCUT2D eigenvalue weighted by atomic mass is 15.0. The zero-order valence-electron chi connectivity index (χ0n) is 11.0. The van der Waals surface area contributed by atoms with E-state index >= 15 is 0 Å². The van der Waals surface area contributed by atoms with Gasteiger partial charge < -0.3 is 9.88 Å². The zero-order valence-corrected chi connectivity index (χ0v) is 11.0. The first-order chi connectivity index (χ1) is 8.09. The fourth-order valence-electron chi connectivity index (χ4n) is 2.07. The van der Waals surface area contributed by atoms with Crippen LogP contribution in [0.25, 0.3) is 0 Å². The third-order valence-electron chi connectivity index (χ3n) is 3.49. The van der Waals surface area contributed by atoms with Gasteiger partial charge in [-0.3, -0.25) is 0 Å². The van der Waals surface area contributed by atoms with E-state index in [1.807, 2.05) is 0 Å². The third kappa shape index (κ3) is 2.36. The first-order valence-corrected chi connectivity index (χ1v) is 6.01. The van der Waals surface area contributed by atoms with Crippen LogP contribution >= 0.6 is 0 Å². The lowest BCUT2D eigenvalue weighted by Gasteiger charge is -2.09. The Hall–Kier alpha value is -1.70. The molecule has 0 aliphatic heterocycles. The summed E-state index contributed by atoms with van der Waals surface area (Å²) in [6, 6.07) is 10.6. The van der Waals surface area contributed by atoms with Crippen LogP contribution in [0.1, 0.15) is 22.5 Å². The summed E-state index contributed by atoms with van der Waals surface area (Å²) in [6.07, 6.45) is 0. The fourth-order valence-corrected chi connectivity index (χ4v) is 2.07. The predicted octanol–water partition coefficient (Wildman–Crippen LogP) is 3.56. The minimum Gasteiger partial charge on any atom is -0.381 e. The number of nitrogens with zero attached hydrogens (tertiary/aromatic N) is 1. The van der Waals surface area contributed by atoms with E-state index in [1.165, 1.54) is 28.2 Å². The first-order valence-electron chi connectivity index (χ1n) is 6.01. The molecule has 0 aliphatic rings. The van der Waals surface area contributed by atoms with Crippen LogP contribution in [0.5, 0.6) is 0 Å². The fraction of sp³-hybridized carbons (Fsp3) is 0.333. The quantitative estimate of drug-likeness (QED) is 0.850. The summed E-state index contributed by atoms with van der Waals surface area (Å²) in [5.41, 5.74) is 6.52. The number of aromatic nitrogens is 1. The third-order valence-corrected chi connectivity index (χ3v) is 3.49. The highest BCUT2D eigenvalue weighted by Gasteiger charge is 2.05. The van der Waals surface area contributed by atoms with Crippen molar-refractivity contribution in [2.24, 2.45) is 7.05 Å². The van der Waals surface area contributed by atoms with Gasteiger partial charge in [-0.25, -0.2) is 0 Å². The van der Waals surface area contributed by atoms with Crippen molar-refractivity contribution >= 4 is 5.69 Å². The van der Waals surface area contributed by atoms with Crippen molar-refractivity contribution in [3.05, 3.63) is 52.8 Å². The second-order valence-electron chi connectivity index (χ2n) is 4.62. The maximum absolute atomic E-state index is 3.50. The minimum atomic E-state index is 0.887. The topological polar surface area (TPSA) is 17.0 Å². The Morgan fingerprint density at radius 3 is 2.41 bits per heavy atom. The predicted molar refractivity (Wildman–Crippen MR) is 73.4 cm³/mol. The number of aryl methyl sites for hydroxylation is 2. The second kappa shape index (κ2) is 4.66. The van der Waals surface area contributed by atoms with Crippen LogP contribution in [0.3, 0.4) is 0 Å². The van der Waals surface area contributed by atoms with Gasteiger partial charge in [-0.05, 0) is 44.0 Å². The van der Waals surface area contributed by atoms with Crippen molar-refractivity contribution in [1.29, 1.82) is 0 Å². The molecule has 0 fully saturated rings. The molecule has 0 bridgehead atoms. The van der Waals surface area contributed by atoms with Crippen LogP contribution in [-0.4, -0.2) is 4.57 Å². The summed E-state index contributed by atoms with van der Waals surface area (Å²) < 4.78 is 2.23. The molecule has 0 aliphatic carbocycles. The largest absolute Gasteiger partial charge is 0.381 e. The number of anilines is 1. The van der Waals surface area contributed by atoms with Crippen LogP contribution in [0, 0.1) is 20.8 Å². The average Bonchev–Trinajstić information content (AvgIpc) is 2.56. The molecular weight excluding hydrogens is 208 g/mol. The summed E-state index contributed by atoms with van der Waals surface area (Å²) in [7, 11) is 2.11. The molecule has 1 aromatic carbocycles. The molecule has 1 heterocycles. The summed E-state index contributed by atoms with van der Waals surface area (Å²) in [5, 5.41) is 3.50. The molecule has 0 saturated carbocycles. The maximum atomic E-state index is 3.50. The van der Waals surface area contributed by atoms with E-state index in [4.69, 9.17) is 0 Å². The highest BCUT2D eigenvalue weighted by molar-refractivity contribution is 5.50. The van der Waals surface area contributed by atoms with Crippen molar-refractivity contribution < 1.29 is 0 Å². The van der Waals surface area contributed by atoms with Crippen molar-refractivity contribution in [3.63, 3.8) is 0 Å². The minimum absolute atomic E-state index is 0.887. The highest BCUT2D eigenvalue weighted by Crippen LogP contribution is 2.17. The van der Waals surface area contributed by atoms with E-state index in [0.717, 1.165) is 6.54 Å². The summed E-state index contributed by atoms with van der Waals surface area (Å²) in [6.45, 7) is 7.33. The van der Waals surface area contributed by atoms with Gasteiger partial charge in [-0.15, -0.1) is 0 Å². The van der Waals surface area contributed by atoms with E-state index in [-0.39, 0.29) is 0 Å². The molecule has 17 heavy (non-hydrogen) atoms. The molecule has 0 unspecified atom stereocenters. The second-order valence-corrected chi connectivity index (χ2v) is 4.62. The first kappa shape index (κ1) is 11.8. The summed E-state index contributed by atoms with van der Waals surface area (Å²) in [5.74, 6) is 0. The molecule has 2 heteroatoms. The molecule has 1 aromatic heterocycles. The van der Waals surface area contributed by atoms with Crippen molar-refractivity contribution in [2.45, 2.75) is 27.3 Å². The van der Waals surface area contributed by atoms with Gasteiger partial charge in [-0.2, -0.15) is 0 Å².